The van der Waals surface area contributed by atoms with Crippen LogP contribution in [0.15, 0.2) is 51.0 Å². The molecule has 0 radical (unpaired) electrons. The number of ketones is 1. The van der Waals surface area contributed by atoms with Crippen molar-refractivity contribution in [3.05, 3.63) is 63.5 Å². The number of piperazine rings is 1. The van der Waals surface area contributed by atoms with Gasteiger partial charge in [-0.2, -0.15) is 0 Å². The van der Waals surface area contributed by atoms with Gasteiger partial charge in [-0.1, -0.05) is 22.9 Å². The molecule has 0 bridgehead atoms. The Morgan fingerprint density at radius 2 is 1.87 bits per heavy atom. The molecule has 0 unspecified atom stereocenters. The Kier molecular flexibility index (Phi) is 5.33. The molecule has 3 heterocycles. The predicted molar refractivity (Wildman–Crippen MR) is 122 cm³/mol. The average Bonchev–Trinajstić information content (AvgIpc) is 3.31. The summed E-state index contributed by atoms with van der Waals surface area (Å²) in [5, 5.41) is 11.5. The molecule has 1 saturated heterocycles. The van der Waals surface area contributed by atoms with Crippen molar-refractivity contribution in [3.8, 4) is 11.5 Å². The second-order valence-electron chi connectivity index (χ2n) is 7.92. The van der Waals surface area contributed by atoms with E-state index in [-0.39, 0.29) is 17.3 Å². The van der Waals surface area contributed by atoms with Gasteiger partial charge in [-0.3, -0.25) is 9.69 Å². The zero-order valence-electron chi connectivity index (χ0n) is 17.2. The van der Waals surface area contributed by atoms with Crippen LogP contribution in [0.1, 0.15) is 28.6 Å². The van der Waals surface area contributed by atoms with E-state index in [9.17, 15) is 9.90 Å². The molecule has 5 rings (SSSR count). The van der Waals surface area contributed by atoms with Gasteiger partial charge in [0.2, 0.25) is 5.78 Å². The number of halogens is 1. The number of carbonyl (C=O) groups excluding carboxylic acids is 1. The van der Waals surface area contributed by atoms with Crippen molar-refractivity contribution in [2.45, 2.75) is 13.5 Å². The molecule has 2 aliphatic heterocycles. The van der Waals surface area contributed by atoms with Crippen molar-refractivity contribution in [1.29, 1.82) is 0 Å². The number of carbonyl (C=O) groups is 1. The maximum atomic E-state index is 13.0. The van der Waals surface area contributed by atoms with Crippen molar-refractivity contribution < 1.29 is 19.1 Å². The Bertz CT molecular complexity index is 1190. The van der Waals surface area contributed by atoms with Crippen LogP contribution in [-0.4, -0.2) is 53.4 Å². The Hall–Kier alpha value is -2.61. The number of allylic oxidation sites excluding steroid dienone is 1. The minimum Gasteiger partial charge on any atom is -0.507 e. The fourth-order valence-electron chi connectivity index (χ4n) is 4.17. The van der Waals surface area contributed by atoms with Crippen LogP contribution >= 0.6 is 15.9 Å². The molecule has 160 valence electrons. The number of furan rings is 1. The molecule has 0 spiro atoms. The number of nitrogens with zero attached hydrogens (tertiary/aromatic N) is 2. The first-order chi connectivity index (χ1) is 15.0. The van der Waals surface area contributed by atoms with Gasteiger partial charge in [0, 0.05) is 48.7 Å². The van der Waals surface area contributed by atoms with Crippen LogP contribution in [0.5, 0.6) is 11.5 Å². The summed E-state index contributed by atoms with van der Waals surface area (Å²) in [5.41, 5.74) is 1.88. The predicted octanol–water partition coefficient (Wildman–Crippen LogP) is 4.65. The number of ether oxygens (including phenoxy) is 1. The van der Waals surface area contributed by atoms with Crippen molar-refractivity contribution >= 4 is 38.8 Å². The van der Waals surface area contributed by atoms with E-state index in [4.69, 9.17) is 9.15 Å². The molecule has 0 aliphatic carbocycles. The van der Waals surface area contributed by atoms with Crippen molar-refractivity contribution in [2.24, 2.45) is 0 Å². The lowest BCUT2D eigenvalue weighted by molar-refractivity contribution is 0.101. The van der Waals surface area contributed by atoms with Crippen molar-refractivity contribution in [1.82, 2.24) is 9.80 Å². The third kappa shape index (κ3) is 3.89. The lowest BCUT2D eigenvalue weighted by atomic mass is 10.0. The first-order valence-corrected chi connectivity index (χ1v) is 11.2. The molecular weight excluding hydrogens is 460 g/mol. The van der Waals surface area contributed by atoms with Crippen molar-refractivity contribution in [3.63, 3.8) is 0 Å². The van der Waals surface area contributed by atoms with Crippen LogP contribution < -0.4 is 4.74 Å². The summed E-state index contributed by atoms with van der Waals surface area (Å²) in [5.74, 6) is 1.16. The van der Waals surface area contributed by atoms with Gasteiger partial charge in [0.15, 0.2) is 5.76 Å². The summed E-state index contributed by atoms with van der Waals surface area (Å²) in [6.45, 7) is 7.60. The van der Waals surface area contributed by atoms with Gasteiger partial charge in [-0.05, 0) is 42.9 Å². The van der Waals surface area contributed by atoms with E-state index in [1.54, 1.807) is 18.2 Å². The smallest absolute Gasteiger partial charge is 0.232 e. The standard InChI is InChI=1S/C24H23BrN2O4/c1-2-26-7-9-27(10-8-26)14-19-20(28)5-4-18-23(29)22(31-24(18)19)13-17-12-15-11-16(25)3-6-21(15)30-17/h3-6,11-13,28H,2,7-10,14H2,1H3/b22-13-. The summed E-state index contributed by atoms with van der Waals surface area (Å²) in [6, 6.07) is 10.8. The van der Waals surface area contributed by atoms with Crippen LogP contribution in [0.2, 0.25) is 0 Å². The van der Waals surface area contributed by atoms with Gasteiger partial charge in [0.1, 0.15) is 22.8 Å². The number of likely N-dealkylation sites (N-methyl/N-ethyl adjacent to an activating group) is 1. The first kappa shape index (κ1) is 20.3. The number of hydrogen-bond acceptors (Lipinski definition) is 6. The van der Waals surface area contributed by atoms with E-state index in [2.05, 4.69) is 32.7 Å². The van der Waals surface area contributed by atoms with E-state index < -0.39 is 0 Å². The molecule has 7 heteroatoms. The SMILES string of the molecule is CCN1CCN(Cc2c(O)ccc3c2O/C(=C\c2cc4cc(Br)ccc4o2)C3=O)CC1. The van der Waals surface area contributed by atoms with Gasteiger partial charge >= 0.3 is 0 Å². The maximum Gasteiger partial charge on any atom is 0.232 e. The number of aromatic hydroxyl groups is 1. The number of hydrogen-bond donors (Lipinski definition) is 1. The molecule has 2 aromatic carbocycles. The van der Waals surface area contributed by atoms with Crippen molar-refractivity contribution in [2.75, 3.05) is 32.7 Å². The zero-order chi connectivity index (χ0) is 21.5. The second-order valence-corrected chi connectivity index (χ2v) is 8.84. The number of fused-ring (bicyclic) bond motifs is 2. The molecule has 2 aliphatic rings. The molecule has 0 amide bonds. The summed E-state index contributed by atoms with van der Waals surface area (Å²) in [4.78, 5) is 17.7. The number of phenols is 1. The van der Waals surface area contributed by atoms with Crippen LogP contribution in [0.25, 0.3) is 17.0 Å². The minimum atomic E-state index is -0.200. The van der Waals surface area contributed by atoms with Crippen LogP contribution in [0, 0.1) is 0 Å². The number of benzene rings is 2. The lowest BCUT2D eigenvalue weighted by Crippen LogP contribution is -2.45. The Balaban J connectivity index is 1.42. The van der Waals surface area contributed by atoms with Crippen LogP contribution in [-0.2, 0) is 6.54 Å². The molecule has 31 heavy (non-hydrogen) atoms. The van der Waals surface area contributed by atoms with Gasteiger partial charge in [0.05, 0.1) is 11.1 Å². The first-order valence-electron chi connectivity index (χ1n) is 10.4. The second kappa shape index (κ2) is 8.15. The molecular formula is C24H23BrN2O4. The van der Waals surface area contributed by atoms with E-state index in [1.165, 1.54) is 0 Å². The highest BCUT2D eigenvalue weighted by Crippen LogP contribution is 2.40. The molecule has 6 nitrogen and oxygen atoms in total. The molecule has 1 N–H and O–H groups in total. The summed E-state index contributed by atoms with van der Waals surface area (Å²) < 4.78 is 12.8. The van der Waals surface area contributed by atoms with E-state index in [1.807, 2.05) is 24.3 Å². The highest BCUT2D eigenvalue weighted by atomic mass is 79.9. The molecule has 1 aromatic heterocycles. The van der Waals surface area contributed by atoms with Gasteiger partial charge in [0.25, 0.3) is 0 Å². The number of phenolic OH excluding ortho intramolecular Hbond substituents is 1. The fourth-order valence-corrected chi connectivity index (χ4v) is 4.55. The molecule has 1 fully saturated rings. The van der Waals surface area contributed by atoms with Gasteiger partial charge in [-0.15, -0.1) is 0 Å². The lowest BCUT2D eigenvalue weighted by Gasteiger charge is -2.34. The molecule has 0 atom stereocenters. The highest BCUT2D eigenvalue weighted by molar-refractivity contribution is 9.10. The van der Waals surface area contributed by atoms with E-state index >= 15 is 0 Å². The topological polar surface area (TPSA) is 66.2 Å². The summed E-state index contributed by atoms with van der Waals surface area (Å²) in [7, 11) is 0. The number of rotatable bonds is 4. The molecule has 3 aromatic rings. The summed E-state index contributed by atoms with van der Waals surface area (Å²) in [6.07, 6.45) is 1.62. The Morgan fingerprint density at radius 1 is 1.10 bits per heavy atom. The highest BCUT2D eigenvalue weighted by Gasteiger charge is 2.32. The average molecular weight is 483 g/mol. The Labute approximate surface area is 188 Å². The number of Topliss-reactive ketones (excluding diaryl/α,β-unsaturated/α-hetero) is 1. The van der Waals surface area contributed by atoms with Crippen LogP contribution in [0.3, 0.4) is 0 Å². The normalized spacial score (nSPS) is 18.6. The summed E-state index contributed by atoms with van der Waals surface area (Å²) >= 11 is 3.46. The minimum absolute atomic E-state index is 0.152. The third-order valence-corrected chi connectivity index (χ3v) is 6.47. The monoisotopic (exact) mass is 482 g/mol. The Morgan fingerprint density at radius 3 is 2.65 bits per heavy atom. The van der Waals surface area contributed by atoms with Crippen LogP contribution in [0.4, 0.5) is 0 Å². The molecule has 0 saturated carbocycles. The van der Waals surface area contributed by atoms with Gasteiger partial charge < -0.3 is 19.2 Å². The quantitative estimate of drug-likeness (QED) is 0.545. The van der Waals surface area contributed by atoms with E-state index in [0.717, 1.165) is 48.2 Å². The zero-order valence-corrected chi connectivity index (χ0v) is 18.8. The third-order valence-electron chi connectivity index (χ3n) is 5.98. The maximum absolute atomic E-state index is 13.0. The van der Waals surface area contributed by atoms with Gasteiger partial charge in [-0.25, -0.2) is 0 Å². The fraction of sp³-hybridized carbons (Fsp3) is 0.292. The van der Waals surface area contributed by atoms with E-state index in [0.29, 0.717) is 29.2 Å². The largest absolute Gasteiger partial charge is 0.507 e.